The minimum Gasteiger partial charge on any atom is -0.478 e. The Labute approximate surface area is 173 Å². The van der Waals surface area contributed by atoms with Crippen molar-refractivity contribution in [3.8, 4) is 11.1 Å². The average Bonchev–Trinajstić information content (AvgIpc) is 2.71. The van der Waals surface area contributed by atoms with Crippen LogP contribution < -0.4 is 0 Å². The van der Waals surface area contributed by atoms with Crippen LogP contribution in [0.25, 0.3) is 11.1 Å². The highest BCUT2D eigenvalue weighted by molar-refractivity contribution is 5.88. The van der Waals surface area contributed by atoms with Crippen LogP contribution in [0.2, 0.25) is 0 Å². The monoisotopic (exact) mass is 384 g/mol. The molecule has 1 aliphatic carbocycles. The standard InChI is InChI=1S/C27H28O2/c1-26(2)17-24(27(3,4)23-12-8-7-11-22(23)26)21-10-6-5-9-20(21)18-13-15-19(16-14-18)25(28)29/h5-16,24H,17H2,1-4H3,(H,28,29). The zero-order valence-corrected chi connectivity index (χ0v) is 17.6. The van der Waals surface area contributed by atoms with Crippen molar-refractivity contribution in [2.45, 2.75) is 50.9 Å². The van der Waals surface area contributed by atoms with Crippen LogP contribution in [0.3, 0.4) is 0 Å². The first-order valence-corrected chi connectivity index (χ1v) is 10.2. The average molecular weight is 385 g/mol. The predicted octanol–water partition coefficient (Wildman–Crippen LogP) is 6.79. The molecule has 1 atom stereocenters. The highest BCUT2D eigenvalue weighted by Gasteiger charge is 2.44. The van der Waals surface area contributed by atoms with E-state index in [4.69, 9.17) is 0 Å². The van der Waals surface area contributed by atoms with Crippen LogP contribution in [0.5, 0.6) is 0 Å². The van der Waals surface area contributed by atoms with E-state index in [2.05, 4.69) is 76.2 Å². The Morgan fingerprint density at radius 3 is 2.07 bits per heavy atom. The third kappa shape index (κ3) is 3.27. The summed E-state index contributed by atoms with van der Waals surface area (Å²) in [6.07, 6.45) is 1.07. The van der Waals surface area contributed by atoms with E-state index in [-0.39, 0.29) is 10.8 Å². The molecule has 0 amide bonds. The van der Waals surface area contributed by atoms with Crippen molar-refractivity contribution in [1.29, 1.82) is 0 Å². The fourth-order valence-corrected chi connectivity index (χ4v) is 5.05. The van der Waals surface area contributed by atoms with Crippen LogP contribution in [0, 0.1) is 0 Å². The van der Waals surface area contributed by atoms with Gasteiger partial charge in [-0.15, -0.1) is 0 Å². The van der Waals surface area contributed by atoms with Crippen LogP contribution in [0.1, 0.15) is 67.1 Å². The van der Waals surface area contributed by atoms with Gasteiger partial charge < -0.3 is 5.11 Å². The molecule has 1 N–H and O–H groups in total. The third-order valence-electron chi connectivity index (χ3n) is 6.72. The molecule has 2 nitrogen and oxygen atoms in total. The Hall–Kier alpha value is -2.87. The molecule has 0 aromatic heterocycles. The Bertz CT molecular complexity index is 1060. The number of rotatable bonds is 3. The second kappa shape index (κ2) is 6.88. The number of carbonyl (C=O) groups is 1. The number of fused-ring (bicyclic) bond motifs is 1. The van der Waals surface area contributed by atoms with Crippen LogP contribution in [-0.2, 0) is 10.8 Å². The molecule has 1 unspecified atom stereocenters. The SMILES string of the molecule is CC1(C)CC(c2ccccc2-c2ccc(C(=O)O)cc2)C(C)(C)c2ccccc21. The van der Waals surface area contributed by atoms with Crippen LogP contribution in [0.15, 0.2) is 72.8 Å². The van der Waals surface area contributed by atoms with E-state index in [0.29, 0.717) is 11.5 Å². The molecule has 4 rings (SSSR count). The summed E-state index contributed by atoms with van der Waals surface area (Å²) < 4.78 is 0. The maximum Gasteiger partial charge on any atom is 0.335 e. The minimum absolute atomic E-state index is 0.00320. The Kier molecular flexibility index (Phi) is 4.61. The molecule has 0 fully saturated rings. The number of hydrogen-bond donors (Lipinski definition) is 1. The van der Waals surface area contributed by atoms with Gasteiger partial charge in [-0.2, -0.15) is 0 Å². The van der Waals surface area contributed by atoms with Gasteiger partial charge in [-0.25, -0.2) is 4.79 Å². The summed E-state index contributed by atoms with van der Waals surface area (Å²) in [6, 6.07) is 24.7. The molecule has 0 saturated carbocycles. The topological polar surface area (TPSA) is 37.3 Å². The summed E-state index contributed by atoms with van der Waals surface area (Å²) in [5.74, 6) is -0.528. The van der Waals surface area contributed by atoms with E-state index in [9.17, 15) is 9.90 Å². The van der Waals surface area contributed by atoms with Gasteiger partial charge in [0.15, 0.2) is 0 Å². The Morgan fingerprint density at radius 1 is 0.828 bits per heavy atom. The molecular formula is C27H28O2. The quantitative estimate of drug-likeness (QED) is 0.539. The van der Waals surface area contributed by atoms with Gasteiger partial charge in [0.1, 0.15) is 0 Å². The predicted molar refractivity (Wildman–Crippen MR) is 119 cm³/mol. The highest BCUT2D eigenvalue weighted by Crippen LogP contribution is 2.54. The molecule has 29 heavy (non-hydrogen) atoms. The first kappa shape index (κ1) is 19.4. The summed E-state index contributed by atoms with van der Waals surface area (Å²) in [4.78, 5) is 11.2. The van der Waals surface area contributed by atoms with E-state index >= 15 is 0 Å². The number of hydrogen-bond acceptors (Lipinski definition) is 1. The van der Waals surface area contributed by atoms with Gasteiger partial charge >= 0.3 is 5.97 Å². The second-order valence-corrected chi connectivity index (χ2v) is 9.38. The Morgan fingerprint density at radius 2 is 1.41 bits per heavy atom. The summed E-state index contributed by atoms with van der Waals surface area (Å²) in [5, 5.41) is 9.22. The zero-order chi connectivity index (χ0) is 20.8. The third-order valence-corrected chi connectivity index (χ3v) is 6.72. The molecule has 3 aromatic carbocycles. The summed E-state index contributed by atoms with van der Waals surface area (Å²) in [7, 11) is 0. The molecule has 0 saturated heterocycles. The molecule has 0 spiro atoms. The van der Waals surface area contributed by atoms with Crippen molar-refractivity contribution in [1.82, 2.24) is 0 Å². The number of benzene rings is 3. The lowest BCUT2D eigenvalue weighted by Gasteiger charge is -2.48. The molecule has 0 aliphatic heterocycles. The fraction of sp³-hybridized carbons (Fsp3) is 0.296. The molecule has 0 bridgehead atoms. The fourth-order valence-electron chi connectivity index (χ4n) is 5.05. The van der Waals surface area contributed by atoms with E-state index in [1.807, 2.05) is 12.1 Å². The van der Waals surface area contributed by atoms with Gasteiger partial charge in [0.05, 0.1) is 5.56 Å². The van der Waals surface area contributed by atoms with Crippen molar-refractivity contribution >= 4 is 5.97 Å². The zero-order valence-electron chi connectivity index (χ0n) is 17.6. The molecular weight excluding hydrogens is 356 g/mol. The smallest absolute Gasteiger partial charge is 0.335 e. The summed E-state index contributed by atoms with van der Waals surface area (Å²) in [6.45, 7) is 9.41. The van der Waals surface area contributed by atoms with E-state index in [1.54, 1.807) is 12.1 Å². The van der Waals surface area contributed by atoms with E-state index in [0.717, 1.165) is 12.0 Å². The van der Waals surface area contributed by atoms with Gasteiger partial charge in [-0.05, 0) is 63.1 Å². The lowest BCUT2D eigenvalue weighted by Crippen LogP contribution is -2.40. The molecule has 1 aliphatic rings. The van der Waals surface area contributed by atoms with Gasteiger partial charge in [0, 0.05) is 0 Å². The largest absolute Gasteiger partial charge is 0.478 e. The molecule has 0 heterocycles. The van der Waals surface area contributed by atoms with Crippen molar-refractivity contribution in [2.75, 3.05) is 0 Å². The van der Waals surface area contributed by atoms with E-state index < -0.39 is 5.97 Å². The second-order valence-electron chi connectivity index (χ2n) is 9.38. The number of aromatic carboxylic acids is 1. The lowest BCUT2D eigenvalue weighted by molar-refractivity contribution is 0.0697. The maximum atomic E-state index is 11.2. The maximum absolute atomic E-state index is 11.2. The van der Waals surface area contributed by atoms with Gasteiger partial charge in [0.2, 0.25) is 0 Å². The van der Waals surface area contributed by atoms with Crippen LogP contribution in [0.4, 0.5) is 0 Å². The molecule has 0 radical (unpaired) electrons. The number of carboxylic acid groups (broad SMARTS) is 1. The first-order chi connectivity index (χ1) is 13.7. The first-order valence-electron chi connectivity index (χ1n) is 10.2. The van der Waals surface area contributed by atoms with Crippen LogP contribution in [-0.4, -0.2) is 11.1 Å². The van der Waals surface area contributed by atoms with Crippen LogP contribution >= 0.6 is 0 Å². The van der Waals surface area contributed by atoms with Gasteiger partial charge in [-0.3, -0.25) is 0 Å². The normalized spacial score (nSPS) is 19.4. The van der Waals surface area contributed by atoms with Crippen molar-refractivity contribution in [3.63, 3.8) is 0 Å². The summed E-state index contributed by atoms with van der Waals surface area (Å²) >= 11 is 0. The number of carboxylic acids is 1. The minimum atomic E-state index is -0.892. The van der Waals surface area contributed by atoms with Crippen molar-refractivity contribution in [3.05, 3.63) is 95.1 Å². The Balaban J connectivity index is 1.85. The van der Waals surface area contributed by atoms with Gasteiger partial charge in [0.25, 0.3) is 0 Å². The van der Waals surface area contributed by atoms with Crippen molar-refractivity contribution < 1.29 is 9.90 Å². The molecule has 3 aromatic rings. The molecule has 148 valence electrons. The molecule has 2 heteroatoms. The van der Waals surface area contributed by atoms with Gasteiger partial charge in [-0.1, -0.05) is 88.4 Å². The van der Waals surface area contributed by atoms with E-state index in [1.165, 1.54) is 22.3 Å². The summed E-state index contributed by atoms with van der Waals surface area (Å²) in [5.41, 5.74) is 6.89. The van der Waals surface area contributed by atoms with Crippen molar-refractivity contribution in [2.24, 2.45) is 0 Å². The highest BCUT2D eigenvalue weighted by atomic mass is 16.4. The lowest BCUT2D eigenvalue weighted by atomic mass is 9.55.